The van der Waals surface area contributed by atoms with E-state index in [4.69, 9.17) is 0 Å². The van der Waals surface area contributed by atoms with Gasteiger partial charge in [0.05, 0.1) is 11.2 Å². The summed E-state index contributed by atoms with van der Waals surface area (Å²) in [6.45, 7) is 2.26. The van der Waals surface area contributed by atoms with Gasteiger partial charge in [-0.25, -0.2) is 9.97 Å². The Kier molecular flexibility index (Phi) is 6.85. The van der Waals surface area contributed by atoms with Crippen LogP contribution in [-0.4, -0.2) is 21.5 Å². The molecule has 0 aliphatic rings. The van der Waals surface area contributed by atoms with Crippen LogP contribution in [0.1, 0.15) is 44.7 Å². The molecule has 0 unspecified atom stereocenters. The molecule has 3 heteroatoms. The molecular formula is C17H24N2S. The maximum Gasteiger partial charge on any atom is 0.116 e. The third-order valence-electron chi connectivity index (χ3n) is 3.50. The molecule has 0 aliphatic carbocycles. The van der Waals surface area contributed by atoms with E-state index < -0.39 is 0 Å². The van der Waals surface area contributed by atoms with E-state index in [1.807, 2.05) is 6.07 Å². The number of hydrogen-bond acceptors (Lipinski definition) is 3. The minimum Gasteiger partial charge on any atom is -0.241 e. The third kappa shape index (κ3) is 4.78. The molecule has 0 aliphatic heterocycles. The summed E-state index contributed by atoms with van der Waals surface area (Å²) in [5.41, 5.74) is 2.25. The number of benzene rings is 1. The smallest absolute Gasteiger partial charge is 0.116 e. The lowest BCUT2D eigenvalue weighted by Crippen LogP contribution is -1.96. The molecule has 2 aromatic rings. The minimum atomic E-state index is 1.04. The Labute approximate surface area is 126 Å². The fraction of sp³-hybridized carbons (Fsp3) is 0.529. The van der Waals surface area contributed by atoms with E-state index in [-0.39, 0.29) is 0 Å². The molecule has 1 aromatic heterocycles. The predicted molar refractivity (Wildman–Crippen MR) is 89.3 cm³/mol. The Bertz CT molecular complexity index is 508. The van der Waals surface area contributed by atoms with Gasteiger partial charge in [0.25, 0.3) is 0 Å². The van der Waals surface area contributed by atoms with Gasteiger partial charge in [-0.1, -0.05) is 50.8 Å². The highest BCUT2D eigenvalue weighted by atomic mass is 32.2. The van der Waals surface area contributed by atoms with Gasteiger partial charge in [0.15, 0.2) is 0 Å². The Morgan fingerprint density at radius 2 is 1.80 bits per heavy atom. The molecular weight excluding hydrogens is 264 g/mol. The molecule has 2 rings (SSSR count). The lowest BCUT2D eigenvalue weighted by atomic mass is 10.1. The maximum atomic E-state index is 4.44. The van der Waals surface area contributed by atoms with Crippen molar-refractivity contribution in [1.29, 1.82) is 0 Å². The van der Waals surface area contributed by atoms with Gasteiger partial charge in [-0.05, 0) is 30.4 Å². The van der Waals surface area contributed by atoms with E-state index >= 15 is 0 Å². The van der Waals surface area contributed by atoms with Gasteiger partial charge in [0.2, 0.25) is 0 Å². The van der Waals surface area contributed by atoms with Crippen LogP contribution < -0.4 is 0 Å². The van der Waals surface area contributed by atoms with Crippen molar-refractivity contribution in [2.24, 2.45) is 0 Å². The highest BCUT2D eigenvalue weighted by Crippen LogP contribution is 2.16. The summed E-state index contributed by atoms with van der Waals surface area (Å²) in [5.74, 6) is 2.45. The fourth-order valence-corrected chi connectivity index (χ4v) is 3.29. The second-order valence-corrected chi connectivity index (χ2v) is 6.34. The first-order valence-electron chi connectivity index (χ1n) is 7.68. The van der Waals surface area contributed by atoms with E-state index in [0.29, 0.717) is 0 Å². The summed E-state index contributed by atoms with van der Waals surface area (Å²) in [5, 5.41) is 1.21. The van der Waals surface area contributed by atoms with Crippen LogP contribution in [0.15, 0.2) is 30.6 Å². The van der Waals surface area contributed by atoms with Crippen LogP contribution in [-0.2, 0) is 6.42 Å². The molecule has 0 radical (unpaired) electrons. The van der Waals surface area contributed by atoms with Crippen molar-refractivity contribution in [2.75, 3.05) is 11.5 Å². The second-order valence-electron chi connectivity index (χ2n) is 5.11. The van der Waals surface area contributed by atoms with Gasteiger partial charge < -0.3 is 0 Å². The van der Waals surface area contributed by atoms with Crippen molar-refractivity contribution < 1.29 is 0 Å². The number of nitrogens with zero attached hydrogens (tertiary/aromatic N) is 2. The molecule has 0 atom stereocenters. The van der Waals surface area contributed by atoms with Gasteiger partial charge >= 0.3 is 0 Å². The molecule has 20 heavy (non-hydrogen) atoms. The van der Waals surface area contributed by atoms with Crippen LogP contribution in [0, 0.1) is 0 Å². The molecule has 0 fully saturated rings. The molecule has 108 valence electrons. The molecule has 2 nitrogen and oxygen atoms in total. The lowest BCUT2D eigenvalue weighted by Gasteiger charge is -2.05. The molecule has 0 bridgehead atoms. The van der Waals surface area contributed by atoms with Crippen LogP contribution in [0.2, 0.25) is 0 Å². The molecule has 1 heterocycles. The fourth-order valence-electron chi connectivity index (χ4n) is 2.34. The Morgan fingerprint density at radius 3 is 2.70 bits per heavy atom. The van der Waals surface area contributed by atoms with E-state index in [0.717, 1.165) is 17.7 Å². The molecule has 0 saturated carbocycles. The highest BCUT2D eigenvalue weighted by molar-refractivity contribution is 7.99. The SMILES string of the molecule is CCCCCCCSCCc1ncnc2ccccc12. The zero-order chi connectivity index (χ0) is 14.0. The predicted octanol–water partition coefficient (Wildman–Crippen LogP) is 4.88. The van der Waals surface area contributed by atoms with Crippen molar-refractivity contribution in [3.05, 3.63) is 36.3 Å². The third-order valence-corrected chi connectivity index (χ3v) is 4.57. The lowest BCUT2D eigenvalue weighted by molar-refractivity contribution is 0.659. The molecule has 1 aromatic carbocycles. The van der Waals surface area contributed by atoms with E-state index in [1.165, 1.54) is 48.9 Å². The van der Waals surface area contributed by atoms with E-state index in [1.54, 1.807) is 6.33 Å². The topological polar surface area (TPSA) is 25.8 Å². The minimum absolute atomic E-state index is 1.04. The summed E-state index contributed by atoms with van der Waals surface area (Å²) in [6.07, 6.45) is 9.58. The van der Waals surface area contributed by atoms with Crippen LogP contribution in [0.5, 0.6) is 0 Å². The van der Waals surface area contributed by atoms with Crippen molar-refractivity contribution in [1.82, 2.24) is 9.97 Å². The van der Waals surface area contributed by atoms with Gasteiger partial charge in [0.1, 0.15) is 6.33 Å². The summed E-state index contributed by atoms with van der Waals surface area (Å²) >= 11 is 2.05. The summed E-state index contributed by atoms with van der Waals surface area (Å²) < 4.78 is 0. The number of para-hydroxylation sites is 1. The van der Waals surface area contributed by atoms with Crippen LogP contribution >= 0.6 is 11.8 Å². The Hall–Kier alpha value is -1.09. The maximum absolute atomic E-state index is 4.44. The van der Waals surface area contributed by atoms with Crippen molar-refractivity contribution in [3.63, 3.8) is 0 Å². The van der Waals surface area contributed by atoms with Gasteiger partial charge in [-0.3, -0.25) is 0 Å². The number of aryl methyl sites for hydroxylation is 1. The van der Waals surface area contributed by atoms with Gasteiger partial charge in [-0.15, -0.1) is 0 Å². The molecule has 0 spiro atoms. The first kappa shape index (κ1) is 15.3. The summed E-state index contributed by atoms with van der Waals surface area (Å²) in [6, 6.07) is 8.28. The quantitative estimate of drug-likeness (QED) is 0.615. The number of rotatable bonds is 9. The second kappa shape index (κ2) is 8.96. The van der Waals surface area contributed by atoms with Gasteiger partial charge in [-0.2, -0.15) is 11.8 Å². The molecule has 0 N–H and O–H groups in total. The standard InChI is InChI=1S/C17H24N2S/c1-2-3-4-5-8-12-20-13-11-17-15-9-6-7-10-16(15)18-14-19-17/h6-7,9-10,14H,2-5,8,11-13H2,1H3. The normalized spacial score (nSPS) is 11.1. The van der Waals surface area contributed by atoms with Gasteiger partial charge in [0, 0.05) is 5.39 Å². The first-order valence-corrected chi connectivity index (χ1v) is 8.83. The Balaban J connectivity index is 1.71. The van der Waals surface area contributed by atoms with E-state index in [9.17, 15) is 0 Å². The molecule has 0 amide bonds. The number of aromatic nitrogens is 2. The molecule has 0 saturated heterocycles. The number of unbranched alkanes of at least 4 members (excludes halogenated alkanes) is 4. The zero-order valence-corrected chi connectivity index (χ0v) is 13.2. The number of hydrogen-bond donors (Lipinski definition) is 0. The summed E-state index contributed by atoms with van der Waals surface area (Å²) in [7, 11) is 0. The summed E-state index contributed by atoms with van der Waals surface area (Å²) in [4.78, 5) is 8.75. The van der Waals surface area contributed by atoms with Crippen molar-refractivity contribution in [3.8, 4) is 0 Å². The van der Waals surface area contributed by atoms with Crippen LogP contribution in [0.25, 0.3) is 10.9 Å². The van der Waals surface area contributed by atoms with Crippen LogP contribution in [0.3, 0.4) is 0 Å². The monoisotopic (exact) mass is 288 g/mol. The largest absolute Gasteiger partial charge is 0.241 e. The average Bonchev–Trinajstić information content (AvgIpc) is 2.50. The van der Waals surface area contributed by atoms with Crippen molar-refractivity contribution in [2.45, 2.75) is 45.4 Å². The zero-order valence-electron chi connectivity index (χ0n) is 12.3. The van der Waals surface area contributed by atoms with E-state index in [2.05, 4.69) is 46.9 Å². The highest BCUT2D eigenvalue weighted by Gasteiger charge is 2.02. The van der Waals surface area contributed by atoms with Crippen LogP contribution in [0.4, 0.5) is 0 Å². The Morgan fingerprint density at radius 1 is 0.950 bits per heavy atom. The average molecular weight is 288 g/mol. The number of fused-ring (bicyclic) bond motifs is 1. The van der Waals surface area contributed by atoms with Crippen molar-refractivity contribution >= 4 is 22.7 Å². The number of thioether (sulfide) groups is 1. The first-order chi connectivity index (χ1) is 9.92.